The highest BCUT2D eigenvalue weighted by atomic mass is 35.5. The maximum atomic E-state index is 7.29. The molecule has 0 atom stereocenters. The number of hydrogen-bond donors (Lipinski definition) is 0. The van der Waals surface area contributed by atoms with Crippen molar-refractivity contribution < 1.29 is 1.37 Å². The fraction of sp³-hybridized carbons (Fsp3) is 0. The number of hydrogen-bond acceptors (Lipinski definition) is 2. The van der Waals surface area contributed by atoms with Gasteiger partial charge in [0.25, 0.3) is 0 Å². The molecule has 0 N–H and O–H groups in total. The first kappa shape index (κ1) is 6.63. The van der Waals surface area contributed by atoms with E-state index in [2.05, 4.69) is 4.98 Å². The zero-order valence-corrected chi connectivity index (χ0v) is 7.69. The van der Waals surface area contributed by atoms with Gasteiger partial charge in [0.2, 0.25) is 0 Å². The van der Waals surface area contributed by atoms with E-state index in [0.717, 1.165) is 10.6 Å². The third kappa shape index (κ3) is 1.49. The fourth-order valence-corrected chi connectivity index (χ4v) is 1.72. The molecule has 1 heterocycles. The summed E-state index contributed by atoms with van der Waals surface area (Å²) in [5.41, 5.74) is 0.969. The summed E-state index contributed by atoms with van der Waals surface area (Å²) < 4.78 is 7.29. The highest BCUT2D eigenvalue weighted by Gasteiger charge is 1.99. The number of thiazole rings is 1. The molecule has 0 spiro atoms. The van der Waals surface area contributed by atoms with Crippen LogP contribution in [-0.4, -0.2) is 4.98 Å². The van der Waals surface area contributed by atoms with Crippen LogP contribution in [0, 0.1) is 0 Å². The Labute approximate surface area is 81.1 Å². The quantitative estimate of drug-likeness (QED) is 0.681. The molecule has 0 aliphatic heterocycles. The van der Waals surface area contributed by atoms with Crippen LogP contribution in [-0.2, 0) is 0 Å². The van der Waals surface area contributed by atoms with E-state index in [-0.39, 0.29) is 0 Å². The molecule has 1 nitrogen and oxygen atoms in total. The zero-order valence-electron chi connectivity index (χ0n) is 7.12. The van der Waals surface area contributed by atoms with Crippen LogP contribution in [0.4, 0.5) is 0 Å². The van der Waals surface area contributed by atoms with Crippen LogP contribution in [0.15, 0.2) is 35.8 Å². The lowest BCUT2D eigenvalue weighted by Crippen LogP contribution is -1.73. The van der Waals surface area contributed by atoms with Gasteiger partial charge in [-0.1, -0.05) is 23.7 Å². The Hall–Kier alpha value is -0.860. The SMILES string of the molecule is [2H]c1csc(-c2cccc(Cl)c2)n1. The fourth-order valence-electron chi connectivity index (χ4n) is 0.948. The normalized spacial score (nSPS) is 11.2. The lowest BCUT2D eigenvalue weighted by molar-refractivity contribution is 1.41. The maximum absolute atomic E-state index is 7.29. The van der Waals surface area contributed by atoms with Crippen molar-refractivity contribution in [1.82, 2.24) is 4.98 Å². The van der Waals surface area contributed by atoms with Crippen molar-refractivity contribution in [3.63, 3.8) is 0 Å². The van der Waals surface area contributed by atoms with Crippen LogP contribution in [0.5, 0.6) is 0 Å². The molecule has 0 bridgehead atoms. The molecule has 2 rings (SSSR count). The van der Waals surface area contributed by atoms with Gasteiger partial charge in [0.1, 0.15) is 5.01 Å². The standard InChI is InChI=1S/C9H6ClNS/c10-8-3-1-2-7(6-8)9-11-4-5-12-9/h1-6H/i4D. The molecule has 0 radical (unpaired) electrons. The van der Waals surface area contributed by atoms with E-state index in [1.165, 1.54) is 11.3 Å². The van der Waals surface area contributed by atoms with E-state index in [1.54, 1.807) is 5.38 Å². The second-order valence-electron chi connectivity index (χ2n) is 2.29. The Balaban J connectivity index is 2.46. The monoisotopic (exact) mass is 196 g/mol. The Morgan fingerprint density at radius 1 is 1.50 bits per heavy atom. The highest BCUT2D eigenvalue weighted by Crippen LogP contribution is 2.23. The highest BCUT2D eigenvalue weighted by molar-refractivity contribution is 7.13. The van der Waals surface area contributed by atoms with Crippen molar-refractivity contribution in [1.29, 1.82) is 0 Å². The van der Waals surface area contributed by atoms with E-state index in [4.69, 9.17) is 13.0 Å². The number of halogens is 1. The molecule has 0 saturated heterocycles. The molecule has 0 fully saturated rings. The maximum Gasteiger partial charge on any atom is 0.123 e. The van der Waals surface area contributed by atoms with Gasteiger partial charge < -0.3 is 0 Å². The number of nitrogens with zero attached hydrogens (tertiary/aromatic N) is 1. The molecule has 12 heavy (non-hydrogen) atoms. The first-order valence-electron chi connectivity index (χ1n) is 3.94. The Bertz CT molecular complexity index is 427. The largest absolute Gasteiger partial charge is 0.245 e. The van der Waals surface area contributed by atoms with Crippen LogP contribution in [0.25, 0.3) is 10.6 Å². The number of aromatic nitrogens is 1. The molecule has 2 aromatic rings. The van der Waals surface area contributed by atoms with Crippen LogP contribution < -0.4 is 0 Å². The predicted molar refractivity (Wildman–Crippen MR) is 52.6 cm³/mol. The van der Waals surface area contributed by atoms with Gasteiger partial charge >= 0.3 is 0 Å². The van der Waals surface area contributed by atoms with E-state index in [1.807, 2.05) is 24.3 Å². The number of rotatable bonds is 1. The zero-order chi connectivity index (χ0) is 9.26. The Morgan fingerprint density at radius 3 is 3.08 bits per heavy atom. The van der Waals surface area contributed by atoms with Crippen LogP contribution in [0.3, 0.4) is 0 Å². The van der Waals surface area contributed by atoms with Crippen LogP contribution in [0.2, 0.25) is 5.02 Å². The van der Waals surface area contributed by atoms with Gasteiger partial charge in [-0.25, -0.2) is 4.98 Å². The molecular formula is C9H6ClNS. The second-order valence-corrected chi connectivity index (χ2v) is 3.59. The smallest absolute Gasteiger partial charge is 0.123 e. The van der Waals surface area contributed by atoms with Gasteiger partial charge in [0, 0.05) is 22.1 Å². The lowest BCUT2D eigenvalue weighted by Gasteiger charge is -1.95. The average Bonchev–Trinajstić information content (AvgIpc) is 2.52. The minimum atomic E-state index is 0.306. The molecule has 0 aliphatic rings. The van der Waals surface area contributed by atoms with E-state index >= 15 is 0 Å². The molecule has 0 aliphatic carbocycles. The van der Waals surface area contributed by atoms with Crippen molar-refractivity contribution in [2.24, 2.45) is 0 Å². The summed E-state index contributed by atoms with van der Waals surface area (Å²) in [6, 6.07) is 7.48. The van der Waals surface area contributed by atoms with Crippen molar-refractivity contribution >= 4 is 22.9 Å². The molecule has 0 amide bonds. The van der Waals surface area contributed by atoms with Crippen LogP contribution >= 0.6 is 22.9 Å². The Morgan fingerprint density at radius 2 is 2.42 bits per heavy atom. The summed E-state index contributed by atoms with van der Waals surface area (Å²) in [6.45, 7) is 0. The predicted octanol–water partition coefficient (Wildman–Crippen LogP) is 3.46. The third-order valence-corrected chi connectivity index (χ3v) is 2.47. The Kier molecular flexibility index (Phi) is 1.80. The molecule has 1 aromatic carbocycles. The molecular weight excluding hydrogens is 190 g/mol. The molecule has 3 heteroatoms. The van der Waals surface area contributed by atoms with Crippen molar-refractivity contribution in [3.8, 4) is 10.6 Å². The minimum Gasteiger partial charge on any atom is -0.245 e. The lowest BCUT2D eigenvalue weighted by atomic mass is 10.2. The van der Waals surface area contributed by atoms with Gasteiger partial charge in [-0.2, -0.15) is 0 Å². The van der Waals surface area contributed by atoms with Crippen molar-refractivity contribution in [2.75, 3.05) is 0 Å². The summed E-state index contributed by atoms with van der Waals surface area (Å²) in [6.07, 6.45) is 0.306. The van der Waals surface area contributed by atoms with E-state index in [0.29, 0.717) is 11.2 Å². The first-order valence-corrected chi connectivity index (χ1v) is 4.69. The second kappa shape index (κ2) is 3.25. The van der Waals surface area contributed by atoms with Gasteiger partial charge in [0.15, 0.2) is 0 Å². The average molecular weight is 197 g/mol. The van der Waals surface area contributed by atoms with Gasteiger partial charge in [-0.3, -0.25) is 0 Å². The van der Waals surface area contributed by atoms with Crippen molar-refractivity contribution in [3.05, 3.63) is 40.8 Å². The summed E-state index contributed by atoms with van der Waals surface area (Å²) in [7, 11) is 0. The molecule has 0 unspecified atom stereocenters. The number of benzene rings is 1. The minimum absolute atomic E-state index is 0.306. The topological polar surface area (TPSA) is 12.9 Å². The first-order chi connectivity index (χ1) is 6.25. The summed E-state index contributed by atoms with van der Waals surface area (Å²) in [5.74, 6) is 0. The van der Waals surface area contributed by atoms with E-state index in [9.17, 15) is 0 Å². The van der Waals surface area contributed by atoms with Gasteiger partial charge in [-0.05, 0) is 12.1 Å². The van der Waals surface area contributed by atoms with Gasteiger partial charge in [-0.15, -0.1) is 11.3 Å². The molecule has 0 saturated carbocycles. The molecule has 1 aromatic heterocycles. The van der Waals surface area contributed by atoms with Crippen LogP contribution in [0.1, 0.15) is 1.37 Å². The molecule has 60 valence electrons. The van der Waals surface area contributed by atoms with Crippen molar-refractivity contribution in [2.45, 2.75) is 0 Å². The summed E-state index contributed by atoms with van der Waals surface area (Å²) in [5, 5.41) is 3.24. The third-order valence-electron chi connectivity index (χ3n) is 1.46. The van der Waals surface area contributed by atoms with E-state index < -0.39 is 0 Å². The van der Waals surface area contributed by atoms with Gasteiger partial charge in [0.05, 0.1) is 1.37 Å². The summed E-state index contributed by atoms with van der Waals surface area (Å²) in [4.78, 5) is 4.05. The summed E-state index contributed by atoms with van der Waals surface area (Å²) >= 11 is 7.29.